The third-order valence-corrected chi connectivity index (χ3v) is 7.49. The molecule has 0 aliphatic carbocycles. The van der Waals surface area contributed by atoms with Crippen molar-refractivity contribution in [2.45, 2.75) is 58.2 Å². The lowest BCUT2D eigenvalue weighted by molar-refractivity contribution is 0.291. The van der Waals surface area contributed by atoms with Crippen molar-refractivity contribution in [2.24, 2.45) is 0 Å². The van der Waals surface area contributed by atoms with Crippen molar-refractivity contribution in [3.05, 3.63) is 6.92 Å². The van der Waals surface area contributed by atoms with Crippen molar-refractivity contribution in [3.63, 3.8) is 0 Å². The molecule has 0 saturated heterocycles. The predicted octanol–water partition coefficient (Wildman–Crippen LogP) is 4.01. The Morgan fingerprint density at radius 3 is 2.15 bits per heavy atom. The van der Waals surface area contributed by atoms with Gasteiger partial charge in [-0.15, -0.1) is 0 Å². The Kier molecular flexibility index (Phi) is 7.67. The molecule has 0 amide bonds. The Morgan fingerprint density at radius 2 is 1.77 bits per heavy atom. The summed E-state index contributed by atoms with van der Waals surface area (Å²) in [6.07, 6.45) is 3.49. The molecular weight excluding hydrogens is 176 g/mol. The average molecular weight is 201 g/mol. The highest BCUT2D eigenvalue weighted by molar-refractivity contribution is 6.73. The summed E-state index contributed by atoms with van der Waals surface area (Å²) in [5.74, 6) is 0. The molecule has 0 bridgehead atoms. The van der Waals surface area contributed by atoms with Gasteiger partial charge >= 0.3 is 0 Å². The van der Waals surface area contributed by atoms with Crippen molar-refractivity contribution >= 4 is 8.32 Å². The van der Waals surface area contributed by atoms with Gasteiger partial charge in [0, 0.05) is 6.61 Å². The molecular formula is C11H25OSi. The number of hydrogen-bond donors (Lipinski definition) is 0. The number of unbranched alkanes of at least 4 members (excludes halogenated alkanes) is 1. The predicted molar refractivity (Wildman–Crippen MR) is 62.4 cm³/mol. The van der Waals surface area contributed by atoms with Gasteiger partial charge in [0.05, 0.1) is 0 Å². The Hall–Kier alpha value is 0.177. The van der Waals surface area contributed by atoms with E-state index in [0.717, 1.165) is 13.0 Å². The first kappa shape index (κ1) is 13.2. The second kappa shape index (κ2) is 7.57. The summed E-state index contributed by atoms with van der Waals surface area (Å²) in [5.41, 5.74) is 0. The quantitative estimate of drug-likeness (QED) is 0.426. The van der Waals surface area contributed by atoms with Crippen molar-refractivity contribution in [2.75, 3.05) is 6.61 Å². The zero-order chi connectivity index (χ0) is 10.2. The van der Waals surface area contributed by atoms with Gasteiger partial charge in [-0.05, 0) is 24.6 Å². The molecule has 1 nitrogen and oxygen atoms in total. The van der Waals surface area contributed by atoms with Crippen LogP contribution in [0.25, 0.3) is 0 Å². The van der Waals surface area contributed by atoms with E-state index in [1.165, 1.54) is 31.0 Å². The molecule has 1 radical (unpaired) electrons. The largest absolute Gasteiger partial charge is 0.417 e. The third-order valence-electron chi connectivity index (χ3n) is 2.83. The molecule has 0 atom stereocenters. The molecule has 0 aromatic carbocycles. The first-order valence-electron chi connectivity index (χ1n) is 5.67. The lowest BCUT2D eigenvalue weighted by Crippen LogP contribution is -2.36. The maximum atomic E-state index is 6.11. The third kappa shape index (κ3) is 4.82. The van der Waals surface area contributed by atoms with Crippen LogP contribution < -0.4 is 0 Å². The number of hydrogen-bond acceptors (Lipinski definition) is 1. The van der Waals surface area contributed by atoms with E-state index in [2.05, 4.69) is 27.7 Å². The van der Waals surface area contributed by atoms with E-state index in [1.807, 2.05) is 0 Å². The molecule has 0 fully saturated rings. The van der Waals surface area contributed by atoms with Gasteiger partial charge < -0.3 is 4.43 Å². The molecule has 0 saturated carbocycles. The normalized spacial score (nSPS) is 12.0. The molecule has 0 N–H and O–H groups in total. The summed E-state index contributed by atoms with van der Waals surface area (Å²) in [5, 5.41) is 0. The smallest absolute Gasteiger partial charge is 0.192 e. The van der Waals surface area contributed by atoms with Crippen LogP contribution in [0.5, 0.6) is 0 Å². The fraction of sp³-hybridized carbons (Fsp3) is 0.909. The van der Waals surface area contributed by atoms with Crippen LogP contribution in [0.1, 0.15) is 40.0 Å². The second-order valence-electron chi connectivity index (χ2n) is 3.70. The minimum absolute atomic E-state index is 0.977. The van der Waals surface area contributed by atoms with E-state index < -0.39 is 8.32 Å². The van der Waals surface area contributed by atoms with Crippen LogP contribution in [0.2, 0.25) is 18.1 Å². The van der Waals surface area contributed by atoms with Crippen molar-refractivity contribution in [1.29, 1.82) is 0 Å². The van der Waals surface area contributed by atoms with Crippen molar-refractivity contribution in [3.8, 4) is 0 Å². The van der Waals surface area contributed by atoms with Crippen LogP contribution in [-0.4, -0.2) is 14.9 Å². The molecule has 0 aliphatic rings. The summed E-state index contributed by atoms with van der Waals surface area (Å²) in [7, 11) is -1.34. The molecule has 13 heavy (non-hydrogen) atoms. The van der Waals surface area contributed by atoms with E-state index in [1.54, 1.807) is 0 Å². The van der Waals surface area contributed by atoms with Gasteiger partial charge in [-0.2, -0.15) is 0 Å². The zero-order valence-electron chi connectivity index (χ0n) is 9.57. The first-order chi connectivity index (χ1) is 6.24. The van der Waals surface area contributed by atoms with Crippen molar-refractivity contribution < 1.29 is 4.43 Å². The summed E-state index contributed by atoms with van der Waals surface area (Å²) in [6.45, 7) is 11.7. The fourth-order valence-electron chi connectivity index (χ4n) is 1.64. The maximum Gasteiger partial charge on any atom is 0.192 e. The average Bonchev–Trinajstić information content (AvgIpc) is 2.17. The van der Waals surface area contributed by atoms with Crippen LogP contribution in [0.4, 0.5) is 0 Å². The van der Waals surface area contributed by atoms with Crippen LogP contribution in [0.3, 0.4) is 0 Å². The first-order valence-corrected chi connectivity index (χ1v) is 8.20. The summed E-state index contributed by atoms with van der Waals surface area (Å²) >= 11 is 0. The molecule has 0 heterocycles. The number of rotatable bonds is 8. The molecule has 0 aromatic heterocycles. The molecule has 0 spiro atoms. The standard InChI is InChI=1S/C11H25OSi/c1-5-9-10-12-13(7-3,8-4)11-6-2/h2,5-11H2,1,3-4H3. The fourth-order valence-corrected chi connectivity index (χ4v) is 4.62. The molecule has 2 heteroatoms. The Bertz CT molecular complexity index is 111. The van der Waals surface area contributed by atoms with Crippen LogP contribution in [-0.2, 0) is 4.43 Å². The highest BCUT2D eigenvalue weighted by Crippen LogP contribution is 2.23. The summed E-state index contributed by atoms with van der Waals surface area (Å²) < 4.78 is 6.11. The van der Waals surface area contributed by atoms with E-state index in [-0.39, 0.29) is 0 Å². The lowest BCUT2D eigenvalue weighted by Gasteiger charge is -2.28. The van der Waals surface area contributed by atoms with Crippen LogP contribution in [0.15, 0.2) is 0 Å². The van der Waals surface area contributed by atoms with Crippen LogP contribution in [0, 0.1) is 6.92 Å². The highest BCUT2D eigenvalue weighted by Gasteiger charge is 2.29. The van der Waals surface area contributed by atoms with Gasteiger partial charge in [0.2, 0.25) is 0 Å². The highest BCUT2D eigenvalue weighted by atomic mass is 28.4. The Labute approximate surface area is 85.0 Å². The monoisotopic (exact) mass is 201 g/mol. The van der Waals surface area contributed by atoms with E-state index in [4.69, 9.17) is 4.43 Å². The van der Waals surface area contributed by atoms with E-state index in [0.29, 0.717) is 0 Å². The molecule has 0 aromatic rings. The zero-order valence-corrected chi connectivity index (χ0v) is 10.6. The molecule has 0 unspecified atom stereocenters. The molecule has 79 valence electrons. The van der Waals surface area contributed by atoms with Crippen molar-refractivity contribution in [1.82, 2.24) is 0 Å². The Morgan fingerprint density at radius 1 is 1.15 bits per heavy atom. The maximum absolute atomic E-state index is 6.11. The minimum atomic E-state index is -1.34. The van der Waals surface area contributed by atoms with Gasteiger partial charge in [0.15, 0.2) is 8.32 Å². The van der Waals surface area contributed by atoms with Gasteiger partial charge in [0.1, 0.15) is 0 Å². The molecule has 0 aliphatic heterocycles. The van der Waals surface area contributed by atoms with Gasteiger partial charge in [0.25, 0.3) is 0 Å². The summed E-state index contributed by atoms with van der Waals surface area (Å²) in [6, 6.07) is 3.75. The SMILES string of the molecule is [CH2]CC[Si](CC)(CC)OCCCC. The van der Waals surface area contributed by atoms with Gasteiger partial charge in [-0.25, -0.2) is 0 Å². The lowest BCUT2D eigenvalue weighted by atomic mass is 10.4. The van der Waals surface area contributed by atoms with Gasteiger partial charge in [-0.1, -0.05) is 40.5 Å². The van der Waals surface area contributed by atoms with E-state index in [9.17, 15) is 0 Å². The summed E-state index contributed by atoms with van der Waals surface area (Å²) in [4.78, 5) is 0. The topological polar surface area (TPSA) is 9.23 Å². The second-order valence-corrected chi connectivity index (χ2v) is 8.26. The Balaban J connectivity index is 3.89. The minimum Gasteiger partial charge on any atom is -0.417 e. The van der Waals surface area contributed by atoms with Gasteiger partial charge in [-0.3, -0.25) is 0 Å². The van der Waals surface area contributed by atoms with Crippen LogP contribution >= 0.6 is 0 Å². The molecule has 0 rings (SSSR count). The van der Waals surface area contributed by atoms with E-state index >= 15 is 0 Å².